The van der Waals surface area contributed by atoms with Gasteiger partial charge in [0.25, 0.3) is 0 Å². The summed E-state index contributed by atoms with van der Waals surface area (Å²) in [5, 5.41) is 3.35. The predicted octanol–water partition coefficient (Wildman–Crippen LogP) is 4.19. The van der Waals surface area contributed by atoms with Gasteiger partial charge in [-0.15, -0.1) is 0 Å². The molecule has 1 aliphatic rings. The minimum Gasteiger partial charge on any atom is -0.376 e. The maximum absolute atomic E-state index is 12.7. The summed E-state index contributed by atoms with van der Waals surface area (Å²) in [6, 6.07) is 14.7. The first-order valence-electron chi connectivity index (χ1n) is 9.89. The first-order valence-corrected chi connectivity index (χ1v) is 9.89. The number of hydrogen-bond acceptors (Lipinski definition) is 3. The van der Waals surface area contributed by atoms with Gasteiger partial charge in [-0.1, -0.05) is 44.2 Å². The zero-order valence-electron chi connectivity index (χ0n) is 17.0. The number of nitrogens with zero attached hydrogens (tertiary/aromatic N) is 2. The van der Waals surface area contributed by atoms with Gasteiger partial charge in [-0.25, -0.2) is 0 Å². The van der Waals surface area contributed by atoms with E-state index in [2.05, 4.69) is 74.3 Å². The predicted molar refractivity (Wildman–Crippen MR) is 114 cm³/mol. The highest BCUT2D eigenvalue weighted by atomic mass is 16.2. The highest BCUT2D eigenvalue weighted by Crippen LogP contribution is 2.25. The average Bonchev–Trinajstić information content (AvgIpc) is 2.68. The molecule has 0 radical (unpaired) electrons. The quantitative estimate of drug-likeness (QED) is 0.863. The smallest absolute Gasteiger partial charge is 0.241 e. The standard InChI is InChI=1S/C23H31N3O/c1-17(2)20-9-5-6-10-21(20)24-16-23(27)26-14-12-25(13-15-26)22-11-7-8-18(3)19(22)4/h5-11,17,24H,12-16H2,1-4H3. The number of hydrogen-bond donors (Lipinski definition) is 1. The molecule has 4 nitrogen and oxygen atoms in total. The second-order valence-electron chi connectivity index (χ2n) is 7.68. The van der Waals surface area contributed by atoms with E-state index in [0.717, 1.165) is 31.9 Å². The molecule has 1 fully saturated rings. The Morgan fingerprint density at radius 2 is 1.70 bits per heavy atom. The zero-order valence-corrected chi connectivity index (χ0v) is 17.0. The Labute approximate surface area is 163 Å². The molecule has 1 N–H and O–H groups in total. The summed E-state index contributed by atoms with van der Waals surface area (Å²) in [6.07, 6.45) is 0. The van der Waals surface area contributed by atoms with Crippen LogP contribution in [-0.4, -0.2) is 43.5 Å². The number of para-hydroxylation sites is 1. The fourth-order valence-corrected chi connectivity index (χ4v) is 3.72. The number of benzene rings is 2. The van der Waals surface area contributed by atoms with E-state index in [4.69, 9.17) is 0 Å². The molecule has 0 spiro atoms. The third-order valence-corrected chi connectivity index (χ3v) is 5.56. The van der Waals surface area contributed by atoms with E-state index in [1.807, 2.05) is 11.0 Å². The van der Waals surface area contributed by atoms with Gasteiger partial charge in [0.2, 0.25) is 5.91 Å². The maximum Gasteiger partial charge on any atom is 0.241 e. The van der Waals surface area contributed by atoms with Gasteiger partial charge in [0.05, 0.1) is 6.54 Å². The lowest BCUT2D eigenvalue weighted by Gasteiger charge is -2.37. The average molecular weight is 366 g/mol. The van der Waals surface area contributed by atoms with Gasteiger partial charge in [-0.05, 0) is 48.6 Å². The largest absolute Gasteiger partial charge is 0.376 e. The molecule has 0 aliphatic carbocycles. The van der Waals surface area contributed by atoms with Crippen LogP contribution in [0.5, 0.6) is 0 Å². The van der Waals surface area contributed by atoms with Crippen LogP contribution in [0.3, 0.4) is 0 Å². The molecule has 0 saturated carbocycles. The topological polar surface area (TPSA) is 35.6 Å². The van der Waals surface area contributed by atoms with E-state index in [9.17, 15) is 4.79 Å². The van der Waals surface area contributed by atoms with Crippen LogP contribution < -0.4 is 10.2 Å². The lowest BCUT2D eigenvalue weighted by molar-refractivity contribution is -0.129. The van der Waals surface area contributed by atoms with E-state index in [-0.39, 0.29) is 5.91 Å². The Balaban J connectivity index is 1.55. The number of nitrogens with one attached hydrogen (secondary N) is 1. The second-order valence-corrected chi connectivity index (χ2v) is 7.68. The van der Waals surface area contributed by atoms with Crippen LogP contribution in [-0.2, 0) is 4.79 Å². The van der Waals surface area contributed by atoms with Gasteiger partial charge in [-0.3, -0.25) is 4.79 Å². The van der Waals surface area contributed by atoms with Crippen molar-refractivity contribution in [2.24, 2.45) is 0 Å². The summed E-state index contributed by atoms with van der Waals surface area (Å²) in [5.74, 6) is 0.610. The summed E-state index contributed by atoms with van der Waals surface area (Å²) in [7, 11) is 0. The molecule has 0 bridgehead atoms. The van der Waals surface area contributed by atoms with Crippen LogP contribution in [0.15, 0.2) is 42.5 Å². The van der Waals surface area contributed by atoms with Crippen molar-refractivity contribution in [2.45, 2.75) is 33.6 Å². The molecule has 1 heterocycles. The number of aryl methyl sites for hydroxylation is 1. The number of piperazine rings is 1. The van der Waals surface area contributed by atoms with Gasteiger partial charge in [0.15, 0.2) is 0 Å². The summed E-state index contributed by atoms with van der Waals surface area (Å²) in [4.78, 5) is 17.0. The van der Waals surface area contributed by atoms with Crippen LogP contribution in [0.4, 0.5) is 11.4 Å². The molecule has 2 aromatic rings. The van der Waals surface area contributed by atoms with Crippen molar-refractivity contribution in [2.75, 3.05) is 42.9 Å². The fourth-order valence-electron chi connectivity index (χ4n) is 3.72. The third-order valence-electron chi connectivity index (χ3n) is 5.56. The summed E-state index contributed by atoms with van der Waals surface area (Å²) in [6.45, 7) is 12.4. The van der Waals surface area contributed by atoms with Crippen molar-refractivity contribution in [1.82, 2.24) is 4.90 Å². The highest BCUT2D eigenvalue weighted by molar-refractivity contribution is 5.81. The monoisotopic (exact) mass is 365 g/mol. The normalized spacial score (nSPS) is 14.6. The lowest BCUT2D eigenvalue weighted by Crippen LogP contribution is -2.50. The van der Waals surface area contributed by atoms with E-state index < -0.39 is 0 Å². The molecular formula is C23H31N3O. The van der Waals surface area contributed by atoms with Gasteiger partial charge < -0.3 is 15.1 Å². The van der Waals surface area contributed by atoms with E-state index in [1.165, 1.54) is 22.4 Å². The molecule has 0 aromatic heterocycles. The Morgan fingerprint density at radius 3 is 2.41 bits per heavy atom. The van der Waals surface area contributed by atoms with Crippen LogP contribution >= 0.6 is 0 Å². The van der Waals surface area contributed by atoms with Crippen molar-refractivity contribution >= 4 is 17.3 Å². The molecule has 2 aromatic carbocycles. The van der Waals surface area contributed by atoms with E-state index in [1.54, 1.807) is 0 Å². The van der Waals surface area contributed by atoms with Gasteiger partial charge in [0.1, 0.15) is 0 Å². The molecular weight excluding hydrogens is 334 g/mol. The lowest BCUT2D eigenvalue weighted by atomic mass is 10.0. The zero-order chi connectivity index (χ0) is 19.4. The summed E-state index contributed by atoms with van der Waals surface area (Å²) in [5.41, 5.74) is 6.27. The van der Waals surface area contributed by atoms with Crippen LogP contribution in [0.25, 0.3) is 0 Å². The molecule has 1 saturated heterocycles. The Hall–Kier alpha value is -2.49. The molecule has 1 amide bonds. The molecule has 0 unspecified atom stereocenters. The minimum atomic E-state index is 0.175. The number of rotatable bonds is 5. The Morgan fingerprint density at radius 1 is 1.00 bits per heavy atom. The SMILES string of the molecule is Cc1cccc(N2CCN(C(=O)CNc3ccccc3C(C)C)CC2)c1C. The molecule has 0 atom stereocenters. The van der Waals surface area contributed by atoms with Crippen molar-refractivity contribution < 1.29 is 4.79 Å². The molecule has 144 valence electrons. The van der Waals surface area contributed by atoms with Gasteiger partial charge in [-0.2, -0.15) is 0 Å². The molecule has 4 heteroatoms. The van der Waals surface area contributed by atoms with Crippen LogP contribution in [0, 0.1) is 13.8 Å². The van der Waals surface area contributed by atoms with E-state index >= 15 is 0 Å². The number of anilines is 2. The van der Waals surface area contributed by atoms with Crippen molar-refractivity contribution in [1.29, 1.82) is 0 Å². The van der Waals surface area contributed by atoms with Gasteiger partial charge in [0, 0.05) is 37.6 Å². The molecule has 3 rings (SSSR count). The summed E-state index contributed by atoms with van der Waals surface area (Å²) >= 11 is 0. The number of carbonyl (C=O) groups is 1. The number of amides is 1. The maximum atomic E-state index is 12.7. The first-order chi connectivity index (χ1) is 13.0. The third kappa shape index (κ3) is 4.44. The first kappa shape index (κ1) is 19.3. The van der Waals surface area contributed by atoms with Crippen LogP contribution in [0.2, 0.25) is 0 Å². The molecule has 27 heavy (non-hydrogen) atoms. The van der Waals surface area contributed by atoms with Crippen molar-refractivity contribution in [3.05, 3.63) is 59.2 Å². The second kappa shape index (κ2) is 8.47. The Bertz CT molecular complexity index is 792. The number of carbonyl (C=O) groups excluding carboxylic acids is 1. The molecule has 1 aliphatic heterocycles. The van der Waals surface area contributed by atoms with E-state index in [0.29, 0.717) is 12.5 Å². The fraction of sp³-hybridized carbons (Fsp3) is 0.435. The Kier molecular flexibility index (Phi) is 6.04. The van der Waals surface area contributed by atoms with Gasteiger partial charge >= 0.3 is 0 Å². The minimum absolute atomic E-state index is 0.175. The summed E-state index contributed by atoms with van der Waals surface area (Å²) < 4.78 is 0. The highest BCUT2D eigenvalue weighted by Gasteiger charge is 2.22. The van der Waals surface area contributed by atoms with Crippen molar-refractivity contribution in [3.63, 3.8) is 0 Å². The van der Waals surface area contributed by atoms with Crippen molar-refractivity contribution in [3.8, 4) is 0 Å². The van der Waals surface area contributed by atoms with Crippen LogP contribution in [0.1, 0.15) is 36.5 Å².